The number of nitrogens with two attached hydrogens (primary N) is 6. The van der Waals surface area contributed by atoms with Gasteiger partial charge in [0, 0.05) is 68.3 Å². The zero-order valence-corrected chi connectivity index (χ0v) is 55.5. The summed E-state index contributed by atoms with van der Waals surface area (Å²) in [6.07, 6.45) is -4.33. The molecule has 91 heavy (non-hydrogen) atoms. The molecule has 505 valence electrons. The molecule has 16 atom stereocenters. The van der Waals surface area contributed by atoms with E-state index in [2.05, 4.69) is 10.3 Å². The molecule has 1 radical (unpaired) electrons. The number of aliphatic hydroxyl groups is 2. The molecule has 6 aliphatic rings. The average Bonchev–Trinajstić information content (AvgIpc) is 1.54. The Labute approximate surface area is 541 Å². The van der Waals surface area contributed by atoms with Gasteiger partial charge in [-0.05, 0) is 123 Å². The molecule has 0 saturated carbocycles. The summed E-state index contributed by atoms with van der Waals surface area (Å²) in [7, 11) is -5.07. The standard InChI is InChI=1S/C62H90N13O14P.Co/c1-29-20-39-40(21-30(29)2)75(28-70-39)57-52(84)53(41(27-76)87-57)89-90(85,86)88-31(3)26-69-49(83)18-19-59(8)37(22-46(66)80)56-62(11)61(10,25-48(68)82)36(14-17-45(65)79)51(74-62)33(5)55-60(9,24-47(67)81)34(12-15-43(63)77)38(71-55)23-42-58(6,7)35(13-16-44(64)78)50(72-42)32(4)54(59)73-56;/h20-21,23,28,31,34-35,37-38,41,50,52-53,56-57,76,84H,12-19,22,24-27H2,1-11H3,(H2,63,77)(H2,64,78)(H2,65,79)(H2,66,80)(H2,67,81)(H2,68,82)(H,69,83)(H,85,86);/q-4;/b42-23-,54-32-,55-33-;/t31?,34-,35-,37+,38?,41-,50?,52-,53-,56-,57+,59-,60+,61+,62+;/m1./s1. The number of hydrogen-bond donors (Lipinski definition) is 10. The number of carbonyl (C=O) groups excluding carboxylic acids is 7. The number of carbonyl (C=O) groups is 7. The third kappa shape index (κ3) is 13.8. The Kier molecular flexibility index (Phi) is 21.3. The van der Waals surface area contributed by atoms with Crippen molar-refractivity contribution in [2.45, 2.75) is 201 Å². The van der Waals surface area contributed by atoms with Gasteiger partial charge in [0.15, 0.2) is 6.23 Å². The molecule has 6 aliphatic heterocycles. The number of nitrogens with one attached hydrogen (secondary N) is 1. The molecule has 4 fully saturated rings. The number of aromatic nitrogens is 2. The summed E-state index contributed by atoms with van der Waals surface area (Å²) in [5.74, 6) is -6.35. The molecule has 1 aromatic heterocycles. The van der Waals surface area contributed by atoms with Gasteiger partial charge < -0.3 is 85.4 Å². The van der Waals surface area contributed by atoms with Crippen LogP contribution in [0.5, 0.6) is 0 Å². The van der Waals surface area contributed by atoms with Crippen molar-refractivity contribution in [3.05, 3.63) is 96.4 Å². The van der Waals surface area contributed by atoms with E-state index in [1.807, 2.05) is 66.7 Å². The van der Waals surface area contributed by atoms with Gasteiger partial charge in [-0.25, -0.2) is 9.55 Å². The van der Waals surface area contributed by atoms with E-state index in [4.69, 9.17) is 69.5 Å². The number of rotatable bonds is 26. The molecule has 7 heterocycles. The Morgan fingerprint density at radius 3 is 2.00 bits per heavy atom. The quantitative estimate of drug-likeness (QED) is 0.0547. The van der Waals surface area contributed by atoms with Crippen LogP contribution in [-0.2, 0) is 68.7 Å². The number of ether oxygens (including phenoxy) is 1. The van der Waals surface area contributed by atoms with Crippen molar-refractivity contribution in [3.63, 3.8) is 0 Å². The maximum atomic E-state index is 14.4. The number of aryl methyl sites for hydroxylation is 2. The molecule has 29 heteroatoms. The number of hydrogen-bond acceptors (Lipinski definition) is 14. The molecule has 8 rings (SSSR count). The summed E-state index contributed by atoms with van der Waals surface area (Å²) in [6.45, 7) is 19.2. The van der Waals surface area contributed by atoms with Crippen molar-refractivity contribution in [3.8, 4) is 0 Å². The van der Waals surface area contributed by atoms with Crippen LogP contribution < -0.4 is 39.7 Å². The second-order valence-corrected chi connectivity index (χ2v) is 28.5. The van der Waals surface area contributed by atoms with Gasteiger partial charge in [-0.3, -0.25) is 42.6 Å². The first kappa shape index (κ1) is 72.1. The van der Waals surface area contributed by atoms with Crippen LogP contribution in [0.3, 0.4) is 0 Å². The van der Waals surface area contributed by atoms with E-state index in [1.165, 1.54) is 13.3 Å². The smallest absolute Gasteiger partial charge is 0.472 e. The molecule has 0 aliphatic carbocycles. The number of nitrogens with zero attached hydrogens (tertiary/aromatic N) is 6. The van der Waals surface area contributed by atoms with Crippen molar-refractivity contribution < 1.29 is 83.8 Å². The van der Waals surface area contributed by atoms with Gasteiger partial charge in [0.2, 0.25) is 41.4 Å². The number of fused-ring (bicyclic) bond motifs is 10. The topological polar surface area (TPSA) is 467 Å². The number of aliphatic hydroxyl groups excluding tert-OH is 2. The Bertz CT molecular complexity index is 3420. The minimum absolute atomic E-state index is 0. The van der Waals surface area contributed by atoms with E-state index >= 15 is 0 Å². The van der Waals surface area contributed by atoms with Crippen LogP contribution in [0.1, 0.15) is 150 Å². The molecule has 1 aromatic carbocycles. The molecular formula is C62H90CoN13O14P-4. The van der Waals surface area contributed by atoms with Crippen LogP contribution in [0.15, 0.2) is 64.0 Å². The SMILES string of the molecule is C/C1=C2/[N-]C(/C=C3\[N-]C(/C(C)=C4\[N-][C@H]([C@H](CC(N)=O)[C@@]4(C)CCC(=O)NCC(C)OP(=O)(O)O[C@H]4[C@@H](O)[C@@H](n5cnc6cc(C)c(C)cc65)O[C@@H]4CO)[C@]4(C)[N-]C1=C(CCC(N)=O)[C@]4(C)CC(N)=O)[C@@H](CCC(N)=O)C3(C)C)[C@@H](CCC(N)=O)[C@]2(C)CC(N)=O.[Co]. The summed E-state index contributed by atoms with van der Waals surface area (Å²) < 4.78 is 32.3. The molecule has 16 N–H and O–H groups in total. The summed E-state index contributed by atoms with van der Waals surface area (Å²) >= 11 is 0. The number of primary amides is 6. The van der Waals surface area contributed by atoms with Gasteiger partial charge in [0.25, 0.3) is 0 Å². The fourth-order valence-electron chi connectivity index (χ4n) is 15.5. The van der Waals surface area contributed by atoms with E-state index in [9.17, 15) is 53.2 Å². The van der Waals surface area contributed by atoms with Crippen molar-refractivity contribution in [1.29, 1.82) is 0 Å². The fourth-order valence-corrected chi connectivity index (χ4v) is 16.7. The first-order valence-electron chi connectivity index (χ1n) is 30.6. The zero-order valence-electron chi connectivity index (χ0n) is 53.6. The van der Waals surface area contributed by atoms with Gasteiger partial charge >= 0.3 is 7.82 Å². The normalized spacial score (nSPS) is 34.6. The maximum absolute atomic E-state index is 14.4. The van der Waals surface area contributed by atoms with Crippen molar-refractivity contribution >= 4 is 60.2 Å². The van der Waals surface area contributed by atoms with Crippen molar-refractivity contribution in [2.75, 3.05) is 13.2 Å². The van der Waals surface area contributed by atoms with Crippen LogP contribution in [0.25, 0.3) is 32.3 Å². The molecule has 2 aromatic rings. The predicted molar refractivity (Wildman–Crippen MR) is 333 cm³/mol. The molecule has 0 spiro atoms. The fraction of sp³-hybridized carbons (Fsp3) is 0.645. The van der Waals surface area contributed by atoms with Crippen LogP contribution in [0.2, 0.25) is 0 Å². The van der Waals surface area contributed by atoms with E-state index in [1.54, 1.807) is 25.3 Å². The van der Waals surface area contributed by atoms with Gasteiger partial charge in [0.1, 0.15) is 18.3 Å². The molecular weight excluding hydrogens is 1240 g/mol. The van der Waals surface area contributed by atoms with E-state index in [0.717, 1.165) is 11.1 Å². The second kappa shape index (κ2) is 26.9. The monoisotopic (exact) mass is 1330 g/mol. The zero-order chi connectivity index (χ0) is 66.7. The minimum Gasteiger partial charge on any atom is -0.685 e. The summed E-state index contributed by atoms with van der Waals surface area (Å²) in [4.78, 5) is 109. The Hall–Kier alpha value is -6.36. The van der Waals surface area contributed by atoms with Gasteiger partial charge in [-0.15, -0.1) is 28.9 Å². The number of allylic oxidation sites excluding steroid dienone is 4. The van der Waals surface area contributed by atoms with E-state index in [0.29, 0.717) is 50.5 Å². The Morgan fingerprint density at radius 1 is 0.791 bits per heavy atom. The summed E-state index contributed by atoms with van der Waals surface area (Å²) in [5, 5.41) is 46.7. The largest absolute Gasteiger partial charge is 0.685 e. The molecule has 4 saturated heterocycles. The summed E-state index contributed by atoms with van der Waals surface area (Å²) in [6, 6.07) is 1.21. The van der Waals surface area contributed by atoms with Gasteiger partial charge in [0.05, 0.1) is 30.1 Å². The number of phosphoric ester groups is 1. The van der Waals surface area contributed by atoms with Crippen LogP contribution in [0, 0.1) is 53.3 Å². The number of amides is 7. The molecule has 7 amide bonds. The number of phosphoric acid groups is 1. The first-order chi connectivity index (χ1) is 41.8. The van der Waals surface area contributed by atoms with Gasteiger partial charge in [-0.1, -0.05) is 64.8 Å². The predicted octanol–water partition coefficient (Wildman–Crippen LogP) is 5.12. The second-order valence-electron chi connectivity index (χ2n) is 27.1. The van der Waals surface area contributed by atoms with Gasteiger partial charge in [-0.2, -0.15) is 17.1 Å². The number of imidazole rings is 1. The third-order valence-corrected chi connectivity index (χ3v) is 21.8. The van der Waals surface area contributed by atoms with Crippen LogP contribution in [0.4, 0.5) is 0 Å². The Balaban J connectivity index is 0.0000118. The van der Waals surface area contributed by atoms with E-state index in [-0.39, 0.29) is 94.0 Å². The van der Waals surface area contributed by atoms with Crippen LogP contribution in [-0.4, -0.2) is 127 Å². The first-order valence-corrected chi connectivity index (χ1v) is 32.1. The van der Waals surface area contributed by atoms with Crippen molar-refractivity contribution in [2.24, 2.45) is 73.8 Å². The molecule has 8 bridgehead atoms. The number of benzene rings is 1. The maximum Gasteiger partial charge on any atom is 0.472 e. The molecule has 27 nitrogen and oxygen atoms in total. The van der Waals surface area contributed by atoms with Crippen LogP contribution >= 0.6 is 7.82 Å². The molecule has 4 unspecified atom stereocenters. The van der Waals surface area contributed by atoms with E-state index < -0.39 is 150 Å². The summed E-state index contributed by atoms with van der Waals surface area (Å²) in [5.41, 5.74) is 36.5. The van der Waals surface area contributed by atoms with Crippen molar-refractivity contribution in [1.82, 2.24) is 14.9 Å². The average molecular weight is 1330 g/mol. The Morgan fingerprint density at radius 2 is 1.41 bits per heavy atom. The minimum atomic E-state index is -5.07. The third-order valence-electron chi connectivity index (χ3n) is 20.6.